The first-order chi connectivity index (χ1) is 13.4. The van der Waals surface area contributed by atoms with Gasteiger partial charge < -0.3 is 19.3 Å². The molecule has 2 aromatic carbocycles. The fourth-order valence-electron chi connectivity index (χ4n) is 3.18. The van der Waals surface area contributed by atoms with E-state index in [9.17, 15) is 14.9 Å². The molecule has 1 amide bonds. The summed E-state index contributed by atoms with van der Waals surface area (Å²) < 4.78 is 10.3. The number of rotatable bonds is 5. The Morgan fingerprint density at radius 2 is 1.61 bits per heavy atom. The van der Waals surface area contributed by atoms with E-state index in [1.54, 1.807) is 4.90 Å². The van der Waals surface area contributed by atoms with E-state index in [4.69, 9.17) is 21.1 Å². The lowest BCUT2D eigenvalue weighted by Gasteiger charge is -2.36. The van der Waals surface area contributed by atoms with Crippen molar-refractivity contribution in [2.45, 2.75) is 0 Å². The third-order valence-corrected chi connectivity index (χ3v) is 4.94. The number of benzene rings is 2. The fourth-order valence-corrected chi connectivity index (χ4v) is 3.31. The molecule has 1 aliphatic rings. The predicted molar refractivity (Wildman–Crippen MR) is 106 cm³/mol. The molecule has 1 fully saturated rings. The molecule has 1 heterocycles. The van der Waals surface area contributed by atoms with Crippen molar-refractivity contribution in [3.05, 3.63) is 57.1 Å². The highest BCUT2D eigenvalue weighted by molar-refractivity contribution is 6.30. The molecule has 9 heteroatoms. The van der Waals surface area contributed by atoms with E-state index in [1.165, 1.54) is 26.4 Å². The second kappa shape index (κ2) is 8.35. The Balaban J connectivity index is 1.79. The number of nitro groups is 1. The summed E-state index contributed by atoms with van der Waals surface area (Å²) in [5.41, 5.74) is 0.707. The summed E-state index contributed by atoms with van der Waals surface area (Å²) in [5, 5.41) is 12.1. The van der Waals surface area contributed by atoms with Crippen LogP contribution in [-0.4, -0.2) is 56.1 Å². The van der Waals surface area contributed by atoms with Gasteiger partial charge in [0.05, 0.1) is 25.2 Å². The van der Waals surface area contributed by atoms with Gasteiger partial charge in [0.25, 0.3) is 11.6 Å². The Morgan fingerprint density at radius 1 is 1.04 bits per heavy atom. The maximum absolute atomic E-state index is 13.0. The Labute approximate surface area is 167 Å². The van der Waals surface area contributed by atoms with Gasteiger partial charge in [0.15, 0.2) is 11.5 Å². The van der Waals surface area contributed by atoms with Crippen molar-refractivity contribution in [1.29, 1.82) is 0 Å². The van der Waals surface area contributed by atoms with E-state index < -0.39 is 10.8 Å². The van der Waals surface area contributed by atoms with Crippen molar-refractivity contribution in [3.63, 3.8) is 0 Å². The number of carbonyl (C=O) groups is 1. The molecule has 0 radical (unpaired) electrons. The minimum atomic E-state index is -0.584. The maximum atomic E-state index is 13.0. The summed E-state index contributed by atoms with van der Waals surface area (Å²) in [7, 11) is 2.81. The van der Waals surface area contributed by atoms with Gasteiger partial charge >= 0.3 is 0 Å². The summed E-state index contributed by atoms with van der Waals surface area (Å²) in [6.45, 7) is 2.14. The number of hydrogen-bond donors (Lipinski definition) is 0. The van der Waals surface area contributed by atoms with E-state index in [1.807, 2.05) is 24.3 Å². The second-order valence-corrected chi connectivity index (χ2v) is 6.67. The van der Waals surface area contributed by atoms with E-state index in [-0.39, 0.29) is 22.7 Å². The molecular formula is C19H20ClN3O5. The lowest BCUT2D eigenvalue weighted by atomic mass is 10.1. The highest BCUT2D eigenvalue weighted by Gasteiger charge is 2.30. The molecule has 0 unspecified atom stereocenters. The average Bonchev–Trinajstić information content (AvgIpc) is 2.72. The predicted octanol–water partition coefficient (Wildman–Crippen LogP) is 3.23. The third kappa shape index (κ3) is 3.96. The minimum absolute atomic E-state index is 0.0115. The van der Waals surface area contributed by atoms with Gasteiger partial charge in [-0.1, -0.05) is 11.6 Å². The molecule has 3 rings (SSSR count). The molecule has 0 spiro atoms. The summed E-state index contributed by atoms with van der Waals surface area (Å²) in [6, 6.07) is 10.1. The normalized spacial score (nSPS) is 14.0. The first-order valence-electron chi connectivity index (χ1n) is 8.64. The molecule has 1 aliphatic heterocycles. The highest BCUT2D eigenvalue weighted by atomic mass is 35.5. The van der Waals surface area contributed by atoms with Crippen molar-refractivity contribution < 1.29 is 19.2 Å². The van der Waals surface area contributed by atoms with Crippen LogP contribution in [0.3, 0.4) is 0 Å². The summed E-state index contributed by atoms with van der Waals surface area (Å²) >= 11 is 5.92. The van der Waals surface area contributed by atoms with E-state index in [0.29, 0.717) is 31.2 Å². The molecule has 8 nitrogen and oxygen atoms in total. The van der Waals surface area contributed by atoms with Crippen LogP contribution in [0, 0.1) is 10.1 Å². The van der Waals surface area contributed by atoms with Gasteiger partial charge in [0.1, 0.15) is 5.56 Å². The Hall–Kier alpha value is -3.00. The number of nitrogens with zero attached hydrogens (tertiary/aromatic N) is 3. The minimum Gasteiger partial charge on any atom is -0.493 e. The van der Waals surface area contributed by atoms with E-state index in [2.05, 4.69) is 4.90 Å². The van der Waals surface area contributed by atoms with Crippen LogP contribution in [0.5, 0.6) is 11.5 Å². The molecule has 0 N–H and O–H groups in total. The zero-order valence-electron chi connectivity index (χ0n) is 15.6. The van der Waals surface area contributed by atoms with Crippen LogP contribution in [0.25, 0.3) is 0 Å². The van der Waals surface area contributed by atoms with Crippen LogP contribution in [0.1, 0.15) is 10.4 Å². The SMILES string of the molecule is COc1cc(C(=O)N2CCN(c3ccc(Cl)cc3)CC2)c([N+](=O)[O-])cc1OC. The number of methoxy groups -OCH3 is 2. The molecule has 1 saturated heterocycles. The van der Waals surface area contributed by atoms with E-state index in [0.717, 1.165) is 5.69 Å². The smallest absolute Gasteiger partial charge is 0.286 e. The first kappa shape index (κ1) is 19.8. The lowest BCUT2D eigenvalue weighted by molar-refractivity contribution is -0.385. The van der Waals surface area contributed by atoms with Gasteiger partial charge in [0.2, 0.25) is 0 Å². The quantitative estimate of drug-likeness (QED) is 0.560. The largest absolute Gasteiger partial charge is 0.493 e. The van der Waals surface area contributed by atoms with Crippen LogP contribution < -0.4 is 14.4 Å². The topological polar surface area (TPSA) is 85.2 Å². The first-order valence-corrected chi connectivity index (χ1v) is 9.02. The number of piperazine rings is 1. The van der Waals surface area contributed by atoms with Gasteiger partial charge in [-0.3, -0.25) is 14.9 Å². The second-order valence-electron chi connectivity index (χ2n) is 6.24. The summed E-state index contributed by atoms with van der Waals surface area (Å²) in [5.74, 6) is 0.0815. The zero-order valence-corrected chi connectivity index (χ0v) is 16.3. The molecule has 28 heavy (non-hydrogen) atoms. The number of halogens is 1. The zero-order chi connectivity index (χ0) is 20.3. The number of carbonyl (C=O) groups excluding carboxylic acids is 1. The van der Waals surface area contributed by atoms with E-state index >= 15 is 0 Å². The maximum Gasteiger partial charge on any atom is 0.286 e. The van der Waals surface area contributed by atoms with Gasteiger partial charge in [-0.25, -0.2) is 0 Å². The molecular weight excluding hydrogens is 386 g/mol. The fraction of sp³-hybridized carbons (Fsp3) is 0.316. The lowest BCUT2D eigenvalue weighted by Crippen LogP contribution is -2.48. The van der Waals surface area contributed by atoms with Crippen molar-refractivity contribution >= 4 is 28.9 Å². The number of anilines is 1. The van der Waals surface area contributed by atoms with Crippen LogP contribution in [0.4, 0.5) is 11.4 Å². The van der Waals surface area contributed by atoms with Crippen LogP contribution in [0.15, 0.2) is 36.4 Å². The standard InChI is InChI=1S/C19H20ClN3O5/c1-27-17-11-15(16(23(25)26)12-18(17)28-2)19(24)22-9-7-21(8-10-22)14-5-3-13(20)4-6-14/h3-6,11-12H,7-10H2,1-2H3. The third-order valence-electron chi connectivity index (χ3n) is 4.69. The molecule has 0 bridgehead atoms. The van der Waals surface area contributed by atoms with Gasteiger partial charge in [-0.2, -0.15) is 0 Å². The summed E-state index contributed by atoms with van der Waals surface area (Å²) in [6.07, 6.45) is 0. The van der Waals surface area contributed by atoms with Gasteiger partial charge in [0, 0.05) is 43.0 Å². The van der Waals surface area contributed by atoms with Crippen LogP contribution >= 0.6 is 11.6 Å². The van der Waals surface area contributed by atoms with Crippen LogP contribution in [-0.2, 0) is 0 Å². The monoisotopic (exact) mass is 405 g/mol. The number of nitro benzene ring substituents is 1. The molecule has 0 saturated carbocycles. The Bertz CT molecular complexity index is 880. The van der Waals surface area contributed by atoms with Crippen molar-refractivity contribution in [2.75, 3.05) is 45.3 Å². The number of ether oxygens (including phenoxy) is 2. The average molecular weight is 406 g/mol. The molecule has 0 aromatic heterocycles. The Kier molecular flexibility index (Phi) is 5.89. The Morgan fingerprint density at radius 3 is 2.14 bits per heavy atom. The molecule has 148 valence electrons. The van der Waals surface area contributed by atoms with Crippen molar-refractivity contribution in [2.24, 2.45) is 0 Å². The summed E-state index contributed by atoms with van der Waals surface area (Å²) in [4.78, 5) is 27.6. The number of hydrogen-bond acceptors (Lipinski definition) is 6. The van der Waals surface area contributed by atoms with Crippen molar-refractivity contribution in [1.82, 2.24) is 4.90 Å². The molecule has 2 aromatic rings. The van der Waals surface area contributed by atoms with Gasteiger partial charge in [-0.15, -0.1) is 0 Å². The number of amides is 1. The van der Waals surface area contributed by atoms with Crippen LogP contribution in [0.2, 0.25) is 5.02 Å². The van der Waals surface area contributed by atoms with Gasteiger partial charge in [-0.05, 0) is 24.3 Å². The highest BCUT2D eigenvalue weighted by Crippen LogP contribution is 2.35. The van der Waals surface area contributed by atoms with Crippen molar-refractivity contribution in [3.8, 4) is 11.5 Å². The molecule has 0 aliphatic carbocycles. The molecule has 0 atom stereocenters.